The summed E-state index contributed by atoms with van der Waals surface area (Å²) in [7, 11) is 0. The summed E-state index contributed by atoms with van der Waals surface area (Å²) in [6.45, 7) is 8.57. The van der Waals surface area contributed by atoms with Gasteiger partial charge in [0.1, 0.15) is 5.54 Å². The van der Waals surface area contributed by atoms with E-state index in [-0.39, 0.29) is 18.0 Å². The Kier molecular flexibility index (Phi) is 3.78. The minimum absolute atomic E-state index is 0.0990. The van der Waals surface area contributed by atoms with Crippen LogP contribution in [0.15, 0.2) is 0 Å². The minimum atomic E-state index is -0.768. The van der Waals surface area contributed by atoms with Crippen molar-refractivity contribution in [1.82, 2.24) is 15.5 Å². The van der Waals surface area contributed by atoms with Gasteiger partial charge in [0.2, 0.25) is 5.91 Å². The van der Waals surface area contributed by atoms with Crippen molar-refractivity contribution >= 4 is 11.9 Å². The number of carbonyl (C=O) groups is 2. The van der Waals surface area contributed by atoms with Crippen LogP contribution in [0.2, 0.25) is 0 Å². The fourth-order valence-electron chi connectivity index (χ4n) is 1.65. The fraction of sp³-hybridized carbons (Fsp3) is 0.818. The van der Waals surface area contributed by atoms with Crippen LogP contribution in [0.25, 0.3) is 0 Å². The molecule has 0 aliphatic carbocycles. The normalized spacial score (nSPS) is 21.2. The summed E-state index contributed by atoms with van der Waals surface area (Å²) in [5.41, 5.74) is -0.768. The predicted octanol–water partition coefficient (Wildman–Crippen LogP) is 0.705. The molecule has 0 unspecified atom stereocenters. The van der Waals surface area contributed by atoms with Crippen molar-refractivity contribution in [2.75, 3.05) is 13.1 Å². The SMILES string of the molecule is CC[C@@H](C)NC(=O)N1CCNC(=O)C1(C)C. The average molecular weight is 227 g/mol. The first-order valence-electron chi connectivity index (χ1n) is 5.76. The third-order valence-electron chi connectivity index (χ3n) is 3.08. The molecule has 2 N–H and O–H groups in total. The molecule has 1 aliphatic rings. The van der Waals surface area contributed by atoms with Gasteiger partial charge in [-0.05, 0) is 27.2 Å². The van der Waals surface area contributed by atoms with Gasteiger partial charge in [-0.15, -0.1) is 0 Å². The highest BCUT2D eigenvalue weighted by atomic mass is 16.2. The molecule has 5 heteroatoms. The number of urea groups is 1. The largest absolute Gasteiger partial charge is 0.352 e. The van der Waals surface area contributed by atoms with E-state index in [2.05, 4.69) is 10.6 Å². The second kappa shape index (κ2) is 4.72. The molecule has 0 spiro atoms. The molecule has 5 nitrogen and oxygen atoms in total. The number of rotatable bonds is 2. The first kappa shape index (κ1) is 12.8. The third-order valence-corrected chi connectivity index (χ3v) is 3.08. The Balaban J connectivity index is 2.71. The molecule has 1 saturated heterocycles. The van der Waals surface area contributed by atoms with Gasteiger partial charge in [-0.2, -0.15) is 0 Å². The zero-order chi connectivity index (χ0) is 12.3. The van der Waals surface area contributed by atoms with Crippen molar-refractivity contribution in [1.29, 1.82) is 0 Å². The van der Waals surface area contributed by atoms with Gasteiger partial charge >= 0.3 is 6.03 Å². The van der Waals surface area contributed by atoms with Crippen LogP contribution in [0.3, 0.4) is 0 Å². The van der Waals surface area contributed by atoms with Crippen LogP contribution in [-0.2, 0) is 4.79 Å². The molecule has 0 bridgehead atoms. The Bertz CT molecular complexity index is 289. The number of hydrogen-bond acceptors (Lipinski definition) is 2. The van der Waals surface area contributed by atoms with Crippen molar-refractivity contribution in [2.45, 2.75) is 45.7 Å². The average Bonchev–Trinajstić information content (AvgIpc) is 2.21. The lowest BCUT2D eigenvalue weighted by Gasteiger charge is -2.41. The minimum Gasteiger partial charge on any atom is -0.352 e. The summed E-state index contributed by atoms with van der Waals surface area (Å²) in [4.78, 5) is 25.2. The second-order valence-corrected chi connectivity index (χ2v) is 4.73. The van der Waals surface area contributed by atoms with E-state index in [1.165, 1.54) is 0 Å². The summed E-state index contributed by atoms with van der Waals surface area (Å²) < 4.78 is 0. The quantitative estimate of drug-likeness (QED) is 0.729. The number of nitrogens with one attached hydrogen (secondary N) is 2. The van der Waals surface area contributed by atoms with Crippen molar-refractivity contribution in [3.05, 3.63) is 0 Å². The molecule has 0 aromatic rings. The van der Waals surface area contributed by atoms with Crippen LogP contribution in [0.1, 0.15) is 34.1 Å². The molecular formula is C11H21N3O2. The van der Waals surface area contributed by atoms with Crippen molar-refractivity contribution < 1.29 is 9.59 Å². The Labute approximate surface area is 96.6 Å². The number of piperazine rings is 1. The van der Waals surface area contributed by atoms with Crippen LogP contribution < -0.4 is 10.6 Å². The molecule has 0 aromatic carbocycles. The molecule has 1 atom stereocenters. The zero-order valence-corrected chi connectivity index (χ0v) is 10.5. The Morgan fingerprint density at radius 3 is 2.81 bits per heavy atom. The Hall–Kier alpha value is -1.26. The monoisotopic (exact) mass is 227 g/mol. The summed E-state index contributed by atoms with van der Waals surface area (Å²) in [5.74, 6) is -0.0990. The van der Waals surface area contributed by atoms with E-state index in [0.29, 0.717) is 13.1 Å². The van der Waals surface area contributed by atoms with Crippen LogP contribution in [0.5, 0.6) is 0 Å². The van der Waals surface area contributed by atoms with Gasteiger partial charge in [0.15, 0.2) is 0 Å². The Morgan fingerprint density at radius 2 is 2.25 bits per heavy atom. The van der Waals surface area contributed by atoms with Gasteiger partial charge in [-0.3, -0.25) is 4.79 Å². The van der Waals surface area contributed by atoms with Crippen LogP contribution >= 0.6 is 0 Å². The highest BCUT2D eigenvalue weighted by Crippen LogP contribution is 2.17. The summed E-state index contributed by atoms with van der Waals surface area (Å²) in [6.07, 6.45) is 0.881. The van der Waals surface area contributed by atoms with Gasteiger partial charge < -0.3 is 15.5 Å². The molecule has 1 aliphatic heterocycles. The maximum absolute atomic E-state index is 12.0. The van der Waals surface area contributed by atoms with Crippen LogP contribution in [-0.4, -0.2) is 41.5 Å². The van der Waals surface area contributed by atoms with Gasteiger partial charge in [-0.1, -0.05) is 6.92 Å². The number of amides is 3. The molecule has 0 aromatic heterocycles. The molecule has 1 rings (SSSR count). The van der Waals surface area contributed by atoms with Gasteiger partial charge in [0.25, 0.3) is 0 Å². The van der Waals surface area contributed by atoms with Crippen LogP contribution in [0, 0.1) is 0 Å². The first-order chi connectivity index (χ1) is 7.39. The summed E-state index contributed by atoms with van der Waals surface area (Å²) in [5, 5.41) is 5.65. The van der Waals surface area contributed by atoms with Gasteiger partial charge in [0.05, 0.1) is 0 Å². The maximum atomic E-state index is 12.0. The molecule has 0 radical (unpaired) electrons. The van der Waals surface area contributed by atoms with E-state index in [1.807, 2.05) is 13.8 Å². The highest BCUT2D eigenvalue weighted by molar-refractivity contribution is 5.91. The van der Waals surface area contributed by atoms with Crippen LogP contribution in [0.4, 0.5) is 4.79 Å². The van der Waals surface area contributed by atoms with Gasteiger partial charge in [-0.25, -0.2) is 4.79 Å². The number of nitrogens with zero attached hydrogens (tertiary/aromatic N) is 1. The molecular weight excluding hydrogens is 206 g/mol. The van der Waals surface area contributed by atoms with E-state index in [9.17, 15) is 9.59 Å². The lowest BCUT2D eigenvalue weighted by molar-refractivity contribution is -0.132. The number of carbonyl (C=O) groups excluding carboxylic acids is 2. The van der Waals surface area contributed by atoms with Crippen molar-refractivity contribution in [3.8, 4) is 0 Å². The summed E-state index contributed by atoms with van der Waals surface area (Å²) in [6, 6.07) is -0.0255. The molecule has 3 amide bonds. The molecule has 16 heavy (non-hydrogen) atoms. The third kappa shape index (κ3) is 2.46. The lowest BCUT2D eigenvalue weighted by Crippen LogP contribution is -2.65. The topological polar surface area (TPSA) is 61.4 Å². The predicted molar refractivity (Wildman–Crippen MR) is 62.1 cm³/mol. The second-order valence-electron chi connectivity index (χ2n) is 4.73. The van der Waals surface area contributed by atoms with E-state index in [0.717, 1.165) is 6.42 Å². The maximum Gasteiger partial charge on any atom is 0.318 e. The highest BCUT2D eigenvalue weighted by Gasteiger charge is 2.40. The van der Waals surface area contributed by atoms with E-state index in [4.69, 9.17) is 0 Å². The molecule has 92 valence electrons. The molecule has 1 fully saturated rings. The number of hydrogen-bond donors (Lipinski definition) is 2. The van der Waals surface area contributed by atoms with E-state index >= 15 is 0 Å². The van der Waals surface area contributed by atoms with Gasteiger partial charge in [0, 0.05) is 19.1 Å². The van der Waals surface area contributed by atoms with Crippen molar-refractivity contribution in [2.24, 2.45) is 0 Å². The van der Waals surface area contributed by atoms with E-state index < -0.39 is 5.54 Å². The molecule has 0 saturated carbocycles. The Morgan fingerprint density at radius 1 is 1.62 bits per heavy atom. The zero-order valence-electron chi connectivity index (χ0n) is 10.5. The smallest absolute Gasteiger partial charge is 0.318 e. The summed E-state index contributed by atoms with van der Waals surface area (Å²) >= 11 is 0. The fourth-order valence-corrected chi connectivity index (χ4v) is 1.65. The lowest BCUT2D eigenvalue weighted by atomic mass is 9.99. The van der Waals surface area contributed by atoms with E-state index in [1.54, 1.807) is 18.7 Å². The standard InChI is InChI=1S/C11H21N3O2/c1-5-8(2)13-10(16)14-7-6-12-9(15)11(14,3)4/h8H,5-7H2,1-4H3,(H,12,15)(H,13,16)/t8-/m1/s1. The van der Waals surface area contributed by atoms with Crippen molar-refractivity contribution in [3.63, 3.8) is 0 Å². The molecule has 1 heterocycles. The first-order valence-corrected chi connectivity index (χ1v) is 5.76.